The Morgan fingerprint density at radius 2 is 2.11 bits per heavy atom. The van der Waals surface area contributed by atoms with Gasteiger partial charge in [-0.15, -0.1) is 11.3 Å². The average Bonchev–Trinajstić information content (AvgIpc) is 3.09. The van der Waals surface area contributed by atoms with Crippen molar-refractivity contribution in [2.75, 3.05) is 18.7 Å². The molecule has 140 valence electrons. The molecule has 0 bridgehead atoms. The molecule has 0 aliphatic carbocycles. The Labute approximate surface area is 162 Å². The lowest BCUT2D eigenvalue weighted by molar-refractivity contribution is 0.102. The molecule has 1 heterocycles. The maximum absolute atomic E-state index is 13.6. The molecule has 5 nitrogen and oxygen atoms in total. The molecule has 3 aromatic rings. The average molecular weight is 404 g/mol. The maximum atomic E-state index is 13.6. The van der Waals surface area contributed by atoms with Crippen molar-refractivity contribution < 1.29 is 18.1 Å². The molecular weight excluding hydrogens is 387 g/mol. The smallest absolute Gasteiger partial charge is 0.257 e. The lowest BCUT2D eigenvalue weighted by Gasteiger charge is -2.06. The fourth-order valence-corrected chi connectivity index (χ4v) is 3.90. The number of methoxy groups -OCH3 is 1. The highest BCUT2D eigenvalue weighted by Crippen LogP contribution is 2.32. The second-order valence-electron chi connectivity index (χ2n) is 5.75. The van der Waals surface area contributed by atoms with Crippen LogP contribution in [0.5, 0.6) is 5.75 Å². The van der Waals surface area contributed by atoms with Crippen LogP contribution in [-0.2, 0) is 16.6 Å². The van der Waals surface area contributed by atoms with E-state index in [1.807, 2.05) is 6.07 Å². The lowest BCUT2D eigenvalue weighted by atomic mass is 10.1. The number of carbonyl (C=O) groups is 1. The summed E-state index contributed by atoms with van der Waals surface area (Å²) in [6, 6.07) is 11.2. The van der Waals surface area contributed by atoms with Crippen molar-refractivity contribution in [3.63, 3.8) is 0 Å². The molecule has 27 heavy (non-hydrogen) atoms. The van der Waals surface area contributed by atoms with Crippen LogP contribution in [-0.4, -0.2) is 28.5 Å². The maximum Gasteiger partial charge on any atom is 0.257 e. The van der Waals surface area contributed by atoms with Gasteiger partial charge < -0.3 is 4.74 Å². The Bertz CT molecular complexity index is 1000. The van der Waals surface area contributed by atoms with Gasteiger partial charge in [0.2, 0.25) is 0 Å². The van der Waals surface area contributed by atoms with E-state index in [4.69, 9.17) is 4.74 Å². The van der Waals surface area contributed by atoms with Gasteiger partial charge in [-0.3, -0.25) is 14.3 Å². The molecular formula is C19H17FN2O3S2. The summed E-state index contributed by atoms with van der Waals surface area (Å²) >= 11 is 1.24. The van der Waals surface area contributed by atoms with Gasteiger partial charge in [-0.05, 0) is 35.9 Å². The van der Waals surface area contributed by atoms with Gasteiger partial charge in [-0.25, -0.2) is 9.37 Å². The summed E-state index contributed by atoms with van der Waals surface area (Å²) in [6.07, 6.45) is 1.62. The van der Waals surface area contributed by atoms with Crippen LogP contribution in [0.15, 0.2) is 47.8 Å². The van der Waals surface area contributed by atoms with E-state index >= 15 is 0 Å². The molecule has 1 amide bonds. The Morgan fingerprint density at radius 3 is 2.85 bits per heavy atom. The van der Waals surface area contributed by atoms with Gasteiger partial charge in [0.15, 0.2) is 5.13 Å². The molecule has 0 saturated heterocycles. The fraction of sp³-hybridized carbons (Fsp3) is 0.158. The van der Waals surface area contributed by atoms with Crippen LogP contribution in [0.2, 0.25) is 0 Å². The van der Waals surface area contributed by atoms with Crippen LogP contribution < -0.4 is 10.1 Å². The quantitative estimate of drug-likeness (QED) is 0.672. The van der Waals surface area contributed by atoms with E-state index < -0.39 is 16.6 Å². The minimum Gasteiger partial charge on any atom is -0.496 e. The number of benzene rings is 2. The van der Waals surface area contributed by atoms with Crippen molar-refractivity contribution >= 4 is 33.2 Å². The van der Waals surface area contributed by atoms with Crippen molar-refractivity contribution in [2.24, 2.45) is 0 Å². The number of halogens is 1. The third-order valence-corrected chi connectivity index (χ3v) is 5.22. The van der Waals surface area contributed by atoms with Crippen LogP contribution >= 0.6 is 11.3 Å². The third kappa shape index (κ3) is 4.78. The number of anilines is 1. The van der Waals surface area contributed by atoms with E-state index in [1.54, 1.807) is 29.8 Å². The van der Waals surface area contributed by atoms with Crippen molar-refractivity contribution in [1.29, 1.82) is 0 Å². The van der Waals surface area contributed by atoms with Gasteiger partial charge >= 0.3 is 0 Å². The number of carbonyl (C=O) groups excluding carboxylic acids is 1. The van der Waals surface area contributed by atoms with Crippen molar-refractivity contribution in [1.82, 2.24) is 4.98 Å². The second-order valence-corrected chi connectivity index (χ2v) is 8.05. The first-order valence-electron chi connectivity index (χ1n) is 7.96. The number of amides is 1. The monoisotopic (exact) mass is 404 g/mol. The number of thiazole rings is 1. The van der Waals surface area contributed by atoms with Crippen molar-refractivity contribution in [3.05, 3.63) is 64.8 Å². The van der Waals surface area contributed by atoms with Crippen LogP contribution in [0.3, 0.4) is 0 Å². The number of hydrogen-bond acceptors (Lipinski definition) is 5. The zero-order valence-corrected chi connectivity index (χ0v) is 16.3. The minimum atomic E-state index is -0.984. The summed E-state index contributed by atoms with van der Waals surface area (Å²) < 4.78 is 30.2. The number of nitrogens with zero attached hydrogens (tertiary/aromatic N) is 1. The predicted octanol–water partition coefficient (Wildman–Crippen LogP) is 4.09. The van der Waals surface area contributed by atoms with Crippen LogP contribution in [0, 0.1) is 5.82 Å². The molecule has 0 fully saturated rings. The molecule has 1 atom stereocenters. The first-order valence-corrected chi connectivity index (χ1v) is 10.6. The summed E-state index contributed by atoms with van der Waals surface area (Å²) in [5, 5.41) is 4.86. The van der Waals surface area contributed by atoms with Crippen LogP contribution in [0.4, 0.5) is 9.52 Å². The molecule has 0 spiro atoms. The van der Waals surface area contributed by atoms with Gasteiger partial charge in [0, 0.05) is 39.3 Å². The lowest BCUT2D eigenvalue weighted by Crippen LogP contribution is -2.12. The number of hydrogen-bond donors (Lipinski definition) is 1. The summed E-state index contributed by atoms with van der Waals surface area (Å²) in [5.74, 6) is 0.183. The van der Waals surface area contributed by atoms with E-state index in [1.165, 1.54) is 36.6 Å². The van der Waals surface area contributed by atoms with Crippen LogP contribution in [0.25, 0.3) is 11.3 Å². The fourth-order valence-electron chi connectivity index (χ4n) is 2.54. The summed E-state index contributed by atoms with van der Waals surface area (Å²) in [5.41, 5.74) is 2.31. The molecule has 0 radical (unpaired) electrons. The summed E-state index contributed by atoms with van der Waals surface area (Å²) in [6.45, 7) is 0. The molecule has 3 rings (SSSR count). The van der Waals surface area contributed by atoms with Gasteiger partial charge in [0.25, 0.3) is 5.91 Å². The Kier molecular flexibility index (Phi) is 5.98. The van der Waals surface area contributed by atoms with Crippen LogP contribution in [0.1, 0.15) is 15.9 Å². The number of ether oxygens (including phenoxy) is 1. The van der Waals surface area contributed by atoms with Gasteiger partial charge in [0.1, 0.15) is 11.6 Å². The highest BCUT2D eigenvalue weighted by Gasteiger charge is 2.14. The summed E-state index contributed by atoms with van der Waals surface area (Å²) in [4.78, 5) is 16.8. The highest BCUT2D eigenvalue weighted by atomic mass is 32.2. The number of rotatable bonds is 6. The standard InChI is InChI=1S/C19H17FN2O3S2/c1-25-17-7-6-14(20)9-15(17)16-10-26-19(21-16)22-18(23)13-5-3-4-12(8-13)11-27(2)24/h3-10H,11H2,1-2H3,(H,21,22,23). The Hall–Kier alpha value is -2.58. The second kappa shape index (κ2) is 8.41. The topological polar surface area (TPSA) is 68.3 Å². The van der Waals surface area contributed by atoms with Crippen molar-refractivity contribution in [3.8, 4) is 17.0 Å². The first kappa shape index (κ1) is 19.2. The first-order chi connectivity index (χ1) is 13.0. The van der Waals surface area contributed by atoms with E-state index in [9.17, 15) is 13.4 Å². The zero-order valence-electron chi connectivity index (χ0n) is 14.7. The SMILES string of the molecule is COc1ccc(F)cc1-c1csc(NC(=O)c2cccc(CS(C)=O)c2)n1. The van der Waals surface area contributed by atoms with Gasteiger partial charge in [-0.2, -0.15) is 0 Å². The molecule has 0 aliphatic rings. The summed E-state index contributed by atoms with van der Waals surface area (Å²) in [7, 11) is 0.519. The molecule has 0 saturated carbocycles. The molecule has 1 aromatic heterocycles. The Morgan fingerprint density at radius 1 is 1.30 bits per heavy atom. The number of aromatic nitrogens is 1. The molecule has 1 unspecified atom stereocenters. The Balaban J connectivity index is 1.79. The largest absolute Gasteiger partial charge is 0.496 e. The van der Waals surface area contributed by atoms with Gasteiger partial charge in [-0.1, -0.05) is 12.1 Å². The van der Waals surface area contributed by atoms with Crippen molar-refractivity contribution in [2.45, 2.75) is 5.75 Å². The molecule has 8 heteroatoms. The normalized spacial score (nSPS) is 11.8. The molecule has 2 aromatic carbocycles. The number of nitrogens with one attached hydrogen (secondary N) is 1. The molecule has 1 N–H and O–H groups in total. The predicted molar refractivity (Wildman–Crippen MR) is 106 cm³/mol. The van der Waals surface area contributed by atoms with Gasteiger partial charge in [0.05, 0.1) is 12.8 Å². The zero-order chi connectivity index (χ0) is 19.4. The van der Waals surface area contributed by atoms with E-state index in [0.29, 0.717) is 33.5 Å². The van der Waals surface area contributed by atoms with E-state index in [2.05, 4.69) is 10.3 Å². The minimum absolute atomic E-state index is 0.314. The highest BCUT2D eigenvalue weighted by molar-refractivity contribution is 7.83. The van der Waals surface area contributed by atoms with E-state index in [-0.39, 0.29) is 5.91 Å². The molecule has 0 aliphatic heterocycles. The third-order valence-electron chi connectivity index (χ3n) is 3.72. The van der Waals surface area contributed by atoms with E-state index in [0.717, 1.165) is 5.56 Å².